The molecule has 0 aliphatic rings. The lowest BCUT2D eigenvalue weighted by atomic mass is 10.2. The minimum Gasteiger partial charge on any atom is -0.397 e. The molecular weight excluding hydrogens is 260 g/mol. The van der Waals surface area contributed by atoms with Gasteiger partial charge in [0.15, 0.2) is 0 Å². The molecule has 0 aromatic heterocycles. The number of rotatable bonds is 6. The molecule has 106 valence electrons. The van der Waals surface area contributed by atoms with E-state index < -0.39 is 16.0 Å². The van der Waals surface area contributed by atoms with Gasteiger partial charge in [0.05, 0.1) is 11.4 Å². The highest BCUT2D eigenvalue weighted by Crippen LogP contribution is 2.17. The van der Waals surface area contributed by atoms with Crippen LogP contribution in [-0.2, 0) is 15.6 Å². The Balaban J connectivity index is 2.58. The Morgan fingerprint density at radius 3 is 2.53 bits per heavy atom. The third kappa shape index (κ3) is 5.03. The number of anilines is 2. The zero-order valence-electron chi connectivity index (χ0n) is 11.7. The molecule has 0 aliphatic heterocycles. The second-order valence-electron chi connectivity index (χ2n) is 4.99. The molecule has 1 aromatic rings. The average Bonchev–Trinajstić information content (AvgIpc) is 2.37. The zero-order chi connectivity index (χ0) is 14.4. The summed E-state index contributed by atoms with van der Waals surface area (Å²) in [7, 11) is -1.15. The highest BCUT2D eigenvalue weighted by Gasteiger charge is 2.20. The number of carbonyl (C=O) groups is 1. The number of para-hydroxylation sites is 2. The third-order valence-electron chi connectivity index (χ3n) is 2.88. The fraction of sp³-hybridized carbons (Fsp3) is 0.500. The third-order valence-corrected chi connectivity index (χ3v) is 4.52. The van der Waals surface area contributed by atoms with Gasteiger partial charge < -0.3 is 11.1 Å². The quantitative estimate of drug-likeness (QED) is 0.787. The molecule has 0 spiro atoms. The second-order valence-corrected chi connectivity index (χ2v) is 6.86. The van der Waals surface area contributed by atoms with E-state index in [-0.39, 0.29) is 5.91 Å². The van der Waals surface area contributed by atoms with Crippen LogP contribution < -0.4 is 11.1 Å². The number of hydrogen-bond acceptors (Lipinski definition) is 3. The maximum Gasteiger partial charge on any atom is 0.239 e. The van der Waals surface area contributed by atoms with E-state index in [4.69, 9.17) is 5.73 Å². The van der Waals surface area contributed by atoms with Crippen LogP contribution in [0.15, 0.2) is 24.3 Å². The second kappa shape index (κ2) is 7.28. The number of nitrogen functional groups attached to an aromatic ring is 1. The maximum absolute atomic E-state index is 12.0. The largest absolute Gasteiger partial charge is 0.397 e. The standard InChI is InChI=1S/C14H22N2O2S/c1-10(2)8-9-19(18)11(3)14(17)16-13-7-5-4-6-12(13)15/h4-7,10-11H,8-9,15H2,1-3H3,(H,16,17). The fourth-order valence-corrected chi connectivity index (χ4v) is 2.85. The molecule has 5 heteroatoms. The fourth-order valence-electron chi connectivity index (χ4n) is 1.49. The van der Waals surface area contributed by atoms with Crippen molar-refractivity contribution in [3.8, 4) is 0 Å². The van der Waals surface area contributed by atoms with Crippen molar-refractivity contribution in [2.24, 2.45) is 5.92 Å². The minimum atomic E-state index is -1.15. The van der Waals surface area contributed by atoms with Crippen LogP contribution in [0.4, 0.5) is 11.4 Å². The summed E-state index contributed by atoms with van der Waals surface area (Å²) in [6.45, 7) is 5.84. The van der Waals surface area contributed by atoms with Gasteiger partial charge >= 0.3 is 0 Å². The molecule has 0 fully saturated rings. The summed E-state index contributed by atoms with van der Waals surface area (Å²) in [6.07, 6.45) is 0.859. The Morgan fingerprint density at radius 2 is 1.95 bits per heavy atom. The van der Waals surface area contributed by atoms with Crippen molar-refractivity contribution < 1.29 is 9.00 Å². The van der Waals surface area contributed by atoms with E-state index in [9.17, 15) is 9.00 Å². The number of hydrogen-bond donors (Lipinski definition) is 2. The van der Waals surface area contributed by atoms with Crippen molar-refractivity contribution in [2.75, 3.05) is 16.8 Å². The Bertz CT molecular complexity index is 461. The van der Waals surface area contributed by atoms with Crippen LogP contribution in [0, 0.1) is 5.92 Å². The van der Waals surface area contributed by atoms with Gasteiger partial charge in [-0.1, -0.05) is 26.0 Å². The van der Waals surface area contributed by atoms with Crippen LogP contribution in [0.3, 0.4) is 0 Å². The summed E-state index contributed by atoms with van der Waals surface area (Å²) in [5, 5.41) is 2.19. The van der Waals surface area contributed by atoms with Gasteiger partial charge in [-0.3, -0.25) is 9.00 Å². The van der Waals surface area contributed by atoms with Crippen LogP contribution >= 0.6 is 0 Å². The van der Waals surface area contributed by atoms with Crippen LogP contribution in [0.2, 0.25) is 0 Å². The molecule has 0 saturated carbocycles. The predicted molar refractivity (Wildman–Crippen MR) is 81.4 cm³/mol. The first kappa shape index (κ1) is 15.7. The summed E-state index contributed by atoms with van der Waals surface area (Å²) in [5.41, 5.74) is 6.83. The molecule has 0 heterocycles. The number of benzene rings is 1. The van der Waals surface area contributed by atoms with E-state index in [2.05, 4.69) is 19.2 Å². The molecule has 0 bridgehead atoms. The van der Waals surface area contributed by atoms with Gasteiger partial charge in [0.1, 0.15) is 5.25 Å². The zero-order valence-corrected chi connectivity index (χ0v) is 12.5. The molecule has 1 amide bonds. The van der Waals surface area contributed by atoms with Crippen molar-refractivity contribution in [1.29, 1.82) is 0 Å². The highest BCUT2D eigenvalue weighted by atomic mass is 32.2. The van der Waals surface area contributed by atoms with Gasteiger partial charge in [-0.05, 0) is 31.4 Å². The first-order valence-electron chi connectivity index (χ1n) is 6.44. The number of nitrogens with one attached hydrogen (secondary N) is 1. The van der Waals surface area contributed by atoms with Gasteiger partial charge in [0.25, 0.3) is 0 Å². The molecular formula is C14H22N2O2S. The lowest BCUT2D eigenvalue weighted by Crippen LogP contribution is -2.30. The molecule has 3 N–H and O–H groups in total. The molecule has 19 heavy (non-hydrogen) atoms. The Hall–Kier alpha value is -1.36. The summed E-state index contributed by atoms with van der Waals surface area (Å²) < 4.78 is 12.0. The van der Waals surface area contributed by atoms with Crippen molar-refractivity contribution in [3.05, 3.63) is 24.3 Å². The number of amides is 1. The van der Waals surface area contributed by atoms with E-state index in [1.54, 1.807) is 31.2 Å². The summed E-state index contributed by atoms with van der Waals surface area (Å²) in [5.74, 6) is 0.792. The first-order valence-corrected chi connectivity index (χ1v) is 7.82. The van der Waals surface area contributed by atoms with Gasteiger partial charge in [-0.15, -0.1) is 0 Å². The lowest BCUT2D eigenvalue weighted by molar-refractivity contribution is -0.115. The van der Waals surface area contributed by atoms with Gasteiger partial charge in [0, 0.05) is 16.6 Å². The summed E-state index contributed by atoms with van der Waals surface area (Å²) >= 11 is 0. The normalized spacial score (nSPS) is 14.1. The molecule has 2 atom stereocenters. The van der Waals surface area contributed by atoms with Gasteiger partial charge in [-0.2, -0.15) is 0 Å². The van der Waals surface area contributed by atoms with E-state index in [0.717, 1.165) is 6.42 Å². The molecule has 0 radical (unpaired) electrons. The highest BCUT2D eigenvalue weighted by molar-refractivity contribution is 7.86. The maximum atomic E-state index is 12.0. The molecule has 0 aliphatic carbocycles. The predicted octanol–water partition coefficient (Wildman–Crippen LogP) is 2.39. The van der Waals surface area contributed by atoms with Crippen LogP contribution in [-0.4, -0.2) is 21.1 Å². The van der Waals surface area contributed by atoms with Gasteiger partial charge in [0.2, 0.25) is 5.91 Å². The minimum absolute atomic E-state index is 0.250. The molecule has 1 aromatic carbocycles. The number of carbonyl (C=O) groups excluding carboxylic acids is 1. The molecule has 2 unspecified atom stereocenters. The SMILES string of the molecule is CC(C)CCS(=O)C(C)C(=O)Nc1ccccc1N. The number of nitrogens with two attached hydrogens (primary N) is 1. The summed E-state index contributed by atoms with van der Waals surface area (Å²) in [4.78, 5) is 12.0. The van der Waals surface area contributed by atoms with Crippen molar-refractivity contribution >= 4 is 28.1 Å². The lowest BCUT2D eigenvalue weighted by Gasteiger charge is -2.14. The van der Waals surface area contributed by atoms with Crippen LogP contribution in [0.1, 0.15) is 27.2 Å². The molecule has 0 saturated heterocycles. The van der Waals surface area contributed by atoms with Crippen molar-refractivity contribution in [1.82, 2.24) is 0 Å². The Labute approximate surface area is 117 Å². The average molecular weight is 282 g/mol. The smallest absolute Gasteiger partial charge is 0.239 e. The molecule has 1 rings (SSSR count). The monoisotopic (exact) mass is 282 g/mol. The van der Waals surface area contributed by atoms with E-state index in [1.165, 1.54) is 0 Å². The first-order chi connectivity index (χ1) is 8.91. The van der Waals surface area contributed by atoms with Crippen LogP contribution in [0.25, 0.3) is 0 Å². The van der Waals surface area contributed by atoms with E-state index in [1.807, 2.05) is 0 Å². The Morgan fingerprint density at radius 1 is 1.32 bits per heavy atom. The topological polar surface area (TPSA) is 72.2 Å². The molecule has 4 nitrogen and oxygen atoms in total. The van der Waals surface area contributed by atoms with E-state index >= 15 is 0 Å². The van der Waals surface area contributed by atoms with Gasteiger partial charge in [-0.25, -0.2) is 0 Å². The Kier molecular flexibility index (Phi) is 6.02. The van der Waals surface area contributed by atoms with Crippen LogP contribution in [0.5, 0.6) is 0 Å². The summed E-state index contributed by atoms with van der Waals surface area (Å²) in [6, 6.07) is 7.05. The van der Waals surface area contributed by atoms with Crippen molar-refractivity contribution in [3.63, 3.8) is 0 Å². The van der Waals surface area contributed by atoms with E-state index in [0.29, 0.717) is 23.0 Å². The van der Waals surface area contributed by atoms with Crippen molar-refractivity contribution in [2.45, 2.75) is 32.4 Å².